The fourth-order valence-electron chi connectivity index (χ4n) is 4.87. The Morgan fingerprint density at radius 1 is 1.00 bits per heavy atom. The molecule has 39 heavy (non-hydrogen) atoms. The van der Waals surface area contributed by atoms with Gasteiger partial charge in [0, 0.05) is 18.2 Å². The Labute approximate surface area is 234 Å². The van der Waals surface area contributed by atoms with Crippen molar-refractivity contribution in [2.75, 3.05) is 12.4 Å². The van der Waals surface area contributed by atoms with Gasteiger partial charge in [-0.2, -0.15) is 0 Å². The van der Waals surface area contributed by atoms with Gasteiger partial charge in [-0.05, 0) is 59.1 Å². The molecule has 210 valence electrons. The number of carbonyl (C=O) groups is 1. The van der Waals surface area contributed by atoms with Crippen LogP contribution >= 0.6 is 0 Å². The Kier molecular flexibility index (Phi) is 11.0. The second kappa shape index (κ2) is 14.2. The van der Waals surface area contributed by atoms with E-state index in [4.69, 9.17) is 9.47 Å². The number of unbranched alkanes of at least 4 members (excludes halogenated alkanes) is 2. The van der Waals surface area contributed by atoms with Crippen molar-refractivity contribution in [2.24, 2.45) is 0 Å². The number of carbonyl (C=O) groups excluding carboxylic acids is 1. The molecule has 3 rings (SSSR count). The number of methoxy groups -OCH3 is 1. The molecule has 2 atom stereocenters. The maximum atomic E-state index is 13.5. The third-order valence-corrected chi connectivity index (χ3v) is 7.09. The standard InChI is InChI=1S/C34H45NO4/c1-7-8-10-15-27(21-33(37)35-31-20-26(24(2)36)16-19-30(31)34(3,4)5)29-18-17-28(22-32(29)38-6)39-23-25-13-11-9-12-14-25/h9,11-14,16-20,22,24,27,36H,7-8,10,15,21,23H2,1-6H3,(H,35,37). The summed E-state index contributed by atoms with van der Waals surface area (Å²) in [6.07, 6.45) is 3.89. The number of amides is 1. The van der Waals surface area contributed by atoms with Gasteiger partial charge in [-0.3, -0.25) is 4.79 Å². The normalized spacial score (nSPS) is 13.0. The first-order valence-electron chi connectivity index (χ1n) is 14.1. The molecule has 3 aromatic carbocycles. The van der Waals surface area contributed by atoms with Crippen LogP contribution < -0.4 is 14.8 Å². The van der Waals surface area contributed by atoms with Crippen LogP contribution in [0.15, 0.2) is 66.7 Å². The van der Waals surface area contributed by atoms with E-state index in [1.807, 2.05) is 66.7 Å². The van der Waals surface area contributed by atoms with Gasteiger partial charge in [0.1, 0.15) is 18.1 Å². The van der Waals surface area contributed by atoms with Gasteiger partial charge in [-0.1, -0.05) is 95.5 Å². The number of nitrogens with one attached hydrogen (secondary N) is 1. The quantitative estimate of drug-likeness (QED) is 0.218. The van der Waals surface area contributed by atoms with Crippen molar-refractivity contribution in [3.63, 3.8) is 0 Å². The largest absolute Gasteiger partial charge is 0.496 e. The van der Waals surface area contributed by atoms with Crippen LogP contribution in [0.2, 0.25) is 0 Å². The summed E-state index contributed by atoms with van der Waals surface area (Å²) >= 11 is 0. The summed E-state index contributed by atoms with van der Waals surface area (Å²) in [4.78, 5) is 13.5. The van der Waals surface area contributed by atoms with Crippen LogP contribution in [0.1, 0.15) is 101 Å². The Morgan fingerprint density at radius 2 is 1.74 bits per heavy atom. The number of hydrogen-bond donors (Lipinski definition) is 2. The third-order valence-electron chi connectivity index (χ3n) is 7.09. The minimum absolute atomic E-state index is 0.00714. The van der Waals surface area contributed by atoms with E-state index in [-0.39, 0.29) is 17.2 Å². The second-order valence-corrected chi connectivity index (χ2v) is 11.4. The van der Waals surface area contributed by atoms with Gasteiger partial charge in [0.2, 0.25) is 5.91 Å². The molecule has 0 spiro atoms. The molecule has 0 aromatic heterocycles. The SMILES string of the molecule is CCCCCC(CC(=O)Nc1cc(C(C)O)ccc1C(C)(C)C)c1ccc(OCc2ccccc2)cc1OC. The predicted molar refractivity (Wildman–Crippen MR) is 160 cm³/mol. The molecule has 2 N–H and O–H groups in total. The highest BCUT2D eigenvalue weighted by Crippen LogP contribution is 2.37. The van der Waals surface area contributed by atoms with Gasteiger partial charge in [-0.15, -0.1) is 0 Å². The average Bonchev–Trinajstić information content (AvgIpc) is 2.91. The monoisotopic (exact) mass is 531 g/mol. The number of rotatable bonds is 13. The van der Waals surface area contributed by atoms with Crippen LogP contribution in [-0.4, -0.2) is 18.1 Å². The van der Waals surface area contributed by atoms with E-state index in [9.17, 15) is 9.90 Å². The van der Waals surface area contributed by atoms with Crippen molar-refractivity contribution in [2.45, 2.75) is 90.8 Å². The molecule has 3 aromatic rings. The fourth-order valence-corrected chi connectivity index (χ4v) is 4.87. The van der Waals surface area contributed by atoms with Crippen LogP contribution in [0.25, 0.3) is 0 Å². The Hall–Kier alpha value is -3.31. The van der Waals surface area contributed by atoms with Crippen molar-refractivity contribution in [1.29, 1.82) is 0 Å². The number of hydrogen-bond acceptors (Lipinski definition) is 4. The minimum atomic E-state index is -0.608. The van der Waals surface area contributed by atoms with Crippen molar-refractivity contribution in [3.05, 3.63) is 89.0 Å². The van der Waals surface area contributed by atoms with Gasteiger partial charge in [0.25, 0.3) is 0 Å². The molecular weight excluding hydrogens is 486 g/mol. The highest BCUT2D eigenvalue weighted by molar-refractivity contribution is 5.92. The van der Waals surface area contributed by atoms with Crippen LogP contribution in [0.4, 0.5) is 5.69 Å². The first kappa shape index (κ1) is 30.2. The molecule has 2 unspecified atom stereocenters. The zero-order valence-corrected chi connectivity index (χ0v) is 24.4. The molecule has 0 aliphatic rings. The van der Waals surface area contributed by atoms with E-state index in [0.717, 1.165) is 65.1 Å². The van der Waals surface area contributed by atoms with Crippen molar-refractivity contribution >= 4 is 11.6 Å². The van der Waals surface area contributed by atoms with E-state index in [1.54, 1.807) is 14.0 Å². The topological polar surface area (TPSA) is 67.8 Å². The predicted octanol–water partition coefficient (Wildman–Crippen LogP) is 8.32. The van der Waals surface area contributed by atoms with Crippen LogP contribution in [0.5, 0.6) is 11.5 Å². The summed E-state index contributed by atoms with van der Waals surface area (Å²) < 4.78 is 11.8. The molecule has 0 heterocycles. The third kappa shape index (κ3) is 8.86. The van der Waals surface area contributed by atoms with E-state index < -0.39 is 6.10 Å². The number of aliphatic hydroxyl groups is 1. The van der Waals surface area contributed by atoms with Gasteiger partial charge >= 0.3 is 0 Å². The number of anilines is 1. The van der Waals surface area contributed by atoms with E-state index in [1.165, 1.54) is 0 Å². The highest BCUT2D eigenvalue weighted by atomic mass is 16.5. The summed E-state index contributed by atoms with van der Waals surface area (Å²) in [6, 6.07) is 21.8. The molecule has 5 nitrogen and oxygen atoms in total. The summed E-state index contributed by atoms with van der Waals surface area (Å²) in [5.74, 6) is 1.44. The lowest BCUT2D eigenvalue weighted by Crippen LogP contribution is -2.21. The first-order valence-corrected chi connectivity index (χ1v) is 14.1. The van der Waals surface area contributed by atoms with Gasteiger partial charge in [-0.25, -0.2) is 0 Å². The van der Waals surface area contributed by atoms with Crippen molar-refractivity contribution < 1.29 is 19.4 Å². The highest BCUT2D eigenvalue weighted by Gasteiger charge is 2.24. The molecule has 0 saturated carbocycles. The zero-order valence-electron chi connectivity index (χ0n) is 24.4. The number of aliphatic hydroxyl groups excluding tert-OH is 1. The van der Waals surface area contributed by atoms with E-state index in [0.29, 0.717) is 13.0 Å². The van der Waals surface area contributed by atoms with Gasteiger partial charge < -0.3 is 19.9 Å². The number of benzene rings is 3. The number of ether oxygens (including phenoxy) is 2. The Balaban J connectivity index is 1.82. The molecule has 0 radical (unpaired) electrons. The fraction of sp³-hybridized carbons (Fsp3) is 0.441. The minimum Gasteiger partial charge on any atom is -0.496 e. The summed E-state index contributed by atoms with van der Waals surface area (Å²) in [5.41, 5.74) is 4.55. The van der Waals surface area contributed by atoms with Gasteiger partial charge in [0.15, 0.2) is 0 Å². The van der Waals surface area contributed by atoms with Crippen molar-refractivity contribution in [1.82, 2.24) is 0 Å². The lowest BCUT2D eigenvalue weighted by molar-refractivity contribution is -0.116. The molecule has 0 aliphatic carbocycles. The second-order valence-electron chi connectivity index (χ2n) is 11.4. The lowest BCUT2D eigenvalue weighted by atomic mass is 9.84. The summed E-state index contributed by atoms with van der Waals surface area (Å²) in [5, 5.41) is 13.3. The molecule has 0 bridgehead atoms. The van der Waals surface area contributed by atoms with E-state index >= 15 is 0 Å². The molecule has 0 fully saturated rings. The molecule has 1 amide bonds. The summed E-state index contributed by atoms with van der Waals surface area (Å²) in [6.45, 7) is 10.8. The molecule has 0 aliphatic heterocycles. The molecule has 0 saturated heterocycles. The Bertz CT molecular complexity index is 1200. The van der Waals surface area contributed by atoms with Crippen LogP contribution in [-0.2, 0) is 16.8 Å². The summed E-state index contributed by atoms with van der Waals surface area (Å²) in [7, 11) is 1.67. The average molecular weight is 532 g/mol. The maximum Gasteiger partial charge on any atom is 0.224 e. The van der Waals surface area contributed by atoms with E-state index in [2.05, 4.69) is 33.0 Å². The van der Waals surface area contributed by atoms with Crippen LogP contribution in [0.3, 0.4) is 0 Å². The smallest absolute Gasteiger partial charge is 0.224 e. The van der Waals surface area contributed by atoms with Gasteiger partial charge in [0.05, 0.1) is 13.2 Å². The van der Waals surface area contributed by atoms with Crippen LogP contribution in [0, 0.1) is 0 Å². The zero-order chi connectivity index (χ0) is 28.4. The lowest BCUT2D eigenvalue weighted by Gasteiger charge is -2.25. The maximum absolute atomic E-state index is 13.5. The molecular formula is C34H45NO4. The Morgan fingerprint density at radius 3 is 2.38 bits per heavy atom. The van der Waals surface area contributed by atoms with Crippen molar-refractivity contribution in [3.8, 4) is 11.5 Å². The molecule has 5 heteroatoms. The first-order chi connectivity index (χ1) is 18.6.